The Kier molecular flexibility index (Phi) is 7.87. The normalized spacial score (nSPS) is 21.6. The Hall–Kier alpha value is -4.15. The summed E-state index contributed by atoms with van der Waals surface area (Å²) >= 11 is 0. The lowest BCUT2D eigenvalue weighted by atomic mass is 9.87. The summed E-state index contributed by atoms with van der Waals surface area (Å²) in [7, 11) is 3.17. The van der Waals surface area contributed by atoms with Crippen LogP contribution in [-0.2, 0) is 27.9 Å². The number of aromatic nitrogens is 2. The fourth-order valence-corrected chi connectivity index (χ4v) is 5.96. The number of aryl methyl sites for hydroxylation is 1. The van der Waals surface area contributed by atoms with Gasteiger partial charge < -0.3 is 14.4 Å². The standard InChI is InChI=1S/C31H37FN4O6/c1-31(2,3)42-30(40)34-16-15-21(23(32)18-34)22-7-6-8-24-27(22)33(4)29(39)36(24)25-13-14-26(37)35(28(25)38)17-19-9-11-20(41-5)12-10-19/h6-12,21,23,25H,13-18H2,1-5H3. The molecule has 0 N–H and O–H groups in total. The molecule has 1 aromatic heterocycles. The summed E-state index contributed by atoms with van der Waals surface area (Å²) in [5, 5.41) is 0. The van der Waals surface area contributed by atoms with Crippen molar-refractivity contribution >= 4 is 28.9 Å². The Morgan fingerprint density at radius 2 is 1.76 bits per heavy atom. The fourth-order valence-electron chi connectivity index (χ4n) is 5.96. The molecule has 2 saturated heterocycles. The molecule has 0 radical (unpaired) electrons. The van der Waals surface area contributed by atoms with E-state index in [9.17, 15) is 19.2 Å². The average Bonchev–Trinajstić information content (AvgIpc) is 3.20. The molecule has 3 heterocycles. The molecule has 2 aliphatic rings. The van der Waals surface area contributed by atoms with Gasteiger partial charge in [-0.25, -0.2) is 14.0 Å². The fraction of sp³-hybridized carbons (Fsp3) is 0.484. The molecule has 3 unspecified atom stereocenters. The second-order valence-electron chi connectivity index (χ2n) is 12.0. The monoisotopic (exact) mass is 580 g/mol. The maximum atomic E-state index is 15.7. The number of imide groups is 1. The van der Waals surface area contributed by atoms with E-state index >= 15 is 4.39 Å². The molecule has 2 aliphatic heterocycles. The summed E-state index contributed by atoms with van der Waals surface area (Å²) in [6.45, 7) is 5.58. The minimum absolute atomic E-state index is 0.0860. The first-order valence-corrected chi connectivity index (χ1v) is 14.2. The number of hydrogen-bond acceptors (Lipinski definition) is 6. The number of piperidine rings is 2. The Morgan fingerprint density at radius 1 is 1.05 bits per heavy atom. The van der Waals surface area contributed by atoms with Crippen molar-refractivity contribution in [2.45, 2.75) is 70.3 Å². The van der Waals surface area contributed by atoms with Crippen molar-refractivity contribution in [2.75, 3.05) is 20.2 Å². The Morgan fingerprint density at radius 3 is 2.40 bits per heavy atom. The summed E-state index contributed by atoms with van der Waals surface area (Å²) in [6, 6.07) is 11.5. The van der Waals surface area contributed by atoms with Gasteiger partial charge in [0.05, 0.1) is 31.2 Å². The molecule has 10 nitrogen and oxygen atoms in total. The number of carbonyl (C=O) groups excluding carboxylic acids is 3. The van der Waals surface area contributed by atoms with E-state index in [0.717, 1.165) is 5.56 Å². The number of methoxy groups -OCH3 is 1. The number of para-hydroxylation sites is 1. The number of rotatable bonds is 5. The molecule has 2 fully saturated rings. The number of alkyl halides is 1. The predicted molar refractivity (Wildman–Crippen MR) is 154 cm³/mol. The summed E-state index contributed by atoms with van der Waals surface area (Å²) < 4.78 is 29.2. The third kappa shape index (κ3) is 5.52. The van der Waals surface area contributed by atoms with Crippen LogP contribution in [0.15, 0.2) is 47.3 Å². The summed E-state index contributed by atoms with van der Waals surface area (Å²) in [5.41, 5.74) is 1.38. The lowest BCUT2D eigenvalue weighted by molar-refractivity contribution is -0.151. The molecular formula is C31H37FN4O6. The van der Waals surface area contributed by atoms with E-state index in [1.165, 1.54) is 18.9 Å². The summed E-state index contributed by atoms with van der Waals surface area (Å²) in [4.78, 5) is 55.3. The third-order valence-corrected chi connectivity index (χ3v) is 8.02. The first kappa shape index (κ1) is 29.3. The van der Waals surface area contributed by atoms with Gasteiger partial charge in [-0.3, -0.25) is 23.6 Å². The molecule has 3 aromatic rings. The van der Waals surface area contributed by atoms with E-state index in [2.05, 4.69) is 0 Å². The Bertz CT molecular complexity index is 1570. The topological polar surface area (TPSA) is 103 Å². The second kappa shape index (κ2) is 11.3. The van der Waals surface area contributed by atoms with Gasteiger partial charge in [0.1, 0.15) is 23.6 Å². The van der Waals surface area contributed by atoms with Crippen molar-refractivity contribution in [1.82, 2.24) is 18.9 Å². The van der Waals surface area contributed by atoms with E-state index in [1.807, 2.05) is 0 Å². The van der Waals surface area contributed by atoms with Crippen LogP contribution in [0, 0.1) is 0 Å². The highest BCUT2D eigenvalue weighted by atomic mass is 19.1. The van der Waals surface area contributed by atoms with Crippen LogP contribution >= 0.6 is 0 Å². The Balaban J connectivity index is 1.43. The lowest BCUT2D eigenvalue weighted by Crippen LogP contribution is -2.47. The zero-order valence-corrected chi connectivity index (χ0v) is 24.6. The zero-order valence-electron chi connectivity index (χ0n) is 24.6. The van der Waals surface area contributed by atoms with Crippen LogP contribution in [-0.4, -0.2) is 68.8 Å². The van der Waals surface area contributed by atoms with Crippen LogP contribution in [0.25, 0.3) is 11.0 Å². The molecular weight excluding hydrogens is 543 g/mol. The second-order valence-corrected chi connectivity index (χ2v) is 12.0. The SMILES string of the molecule is COc1ccc(CN2C(=O)CCC(n3c(=O)n(C)c4c(C5CCN(C(=O)OC(C)(C)C)CC5F)cccc43)C2=O)cc1. The van der Waals surface area contributed by atoms with E-state index in [1.54, 1.807) is 77.4 Å². The van der Waals surface area contributed by atoms with Crippen LogP contribution < -0.4 is 10.4 Å². The van der Waals surface area contributed by atoms with Crippen molar-refractivity contribution in [1.29, 1.82) is 0 Å². The highest BCUT2D eigenvalue weighted by Crippen LogP contribution is 2.36. The largest absolute Gasteiger partial charge is 0.497 e. The zero-order chi connectivity index (χ0) is 30.3. The van der Waals surface area contributed by atoms with Gasteiger partial charge >= 0.3 is 11.8 Å². The molecule has 224 valence electrons. The number of nitrogens with zero attached hydrogens (tertiary/aromatic N) is 4. The number of ether oxygens (including phenoxy) is 2. The summed E-state index contributed by atoms with van der Waals surface area (Å²) in [5.74, 6) is -0.629. The van der Waals surface area contributed by atoms with Crippen LogP contribution in [0.5, 0.6) is 5.75 Å². The van der Waals surface area contributed by atoms with Gasteiger partial charge in [-0.15, -0.1) is 0 Å². The van der Waals surface area contributed by atoms with E-state index in [0.29, 0.717) is 35.3 Å². The molecule has 0 aliphatic carbocycles. The number of fused-ring (bicyclic) bond motifs is 1. The Labute approximate surface area is 243 Å². The van der Waals surface area contributed by atoms with Gasteiger partial charge in [0, 0.05) is 25.9 Å². The smallest absolute Gasteiger partial charge is 0.410 e. The van der Waals surface area contributed by atoms with Gasteiger partial charge in [-0.1, -0.05) is 24.3 Å². The number of halogens is 1. The van der Waals surface area contributed by atoms with E-state index < -0.39 is 41.4 Å². The molecule has 2 aromatic carbocycles. The molecule has 42 heavy (non-hydrogen) atoms. The molecule has 3 amide bonds. The van der Waals surface area contributed by atoms with E-state index in [4.69, 9.17) is 9.47 Å². The number of imidazole rings is 1. The highest BCUT2D eigenvalue weighted by molar-refractivity contribution is 6.00. The molecule has 3 atom stereocenters. The third-order valence-electron chi connectivity index (χ3n) is 8.02. The molecule has 0 saturated carbocycles. The van der Waals surface area contributed by atoms with Gasteiger partial charge in [0.25, 0.3) is 5.91 Å². The summed E-state index contributed by atoms with van der Waals surface area (Å²) in [6.07, 6.45) is -1.26. The van der Waals surface area contributed by atoms with Gasteiger partial charge in [0.2, 0.25) is 5.91 Å². The minimum Gasteiger partial charge on any atom is -0.497 e. The number of likely N-dealkylation sites (tertiary alicyclic amines) is 2. The van der Waals surface area contributed by atoms with Crippen molar-refractivity contribution in [2.24, 2.45) is 7.05 Å². The van der Waals surface area contributed by atoms with E-state index in [-0.39, 0.29) is 31.8 Å². The van der Waals surface area contributed by atoms with Gasteiger partial charge in [-0.05, 0) is 62.9 Å². The van der Waals surface area contributed by atoms with Crippen molar-refractivity contribution in [3.05, 3.63) is 64.1 Å². The minimum atomic E-state index is -1.37. The molecule has 0 spiro atoms. The molecule has 11 heteroatoms. The van der Waals surface area contributed by atoms with Gasteiger partial charge in [-0.2, -0.15) is 0 Å². The van der Waals surface area contributed by atoms with Crippen LogP contribution in [0.3, 0.4) is 0 Å². The predicted octanol–water partition coefficient (Wildman–Crippen LogP) is 4.30. The maximum absolute atomic E-state index is 15.7. The number of hydrogen-bond donors (Lipinski definition) is 0. The van der Waals surface area contributed by atoms with Gasteiger partial charge in [0.15, 0.2) is 0 Å². The average molecular weight is 581 g/mol. The molecule has 5 rings (SSSR count). The van der Waals surface area contributed by atoms with Crippen molar-refractivity contribution < 1.29 is 28.2 Å². The molecule has 0 bridgehead atoms. The number of carbonyl (C=O) groups is 3. The quantitative estimate of drug-likeness (QED) is 0.417. The highest BCUT2D eigenvalue weighted by Gasteiger charge is 2.39. The van der Waals surface area contributed by atoms with Crippen LogP contribution in [0.1, 0.15) is 63.1 Å². The van der Waals surface area contributed by atoms with Crippen LogP contribution in [0.4, 0.5) is 9.18 Å². The van der Waals surface area contributed by atoms with Crippen molar-refractivity contribution in [3.63, 3.8) is 0 Å². The number of benzene rings is 2. The van der Waals surface area contributed by atoms with Crippen LogP contribution in [0.2, 0.25) is 0 Å². The first-order chi connectivity index (χ1) is 19.9. The maximum Gasteiger partial charge on any atom is 0.410 e. The lowest BCUT2D eigenvalue weighted by Gasteiger charge is -2.36. The number of amides is 3. The first-order valence-electron chi connectivity index (χ1n) is 14.2. The van der Waals surface area contributed by atoms with Crippen molar-refractivity contribution in [3.8, 4) is 5.75 Å².